The maximum atomic E-state index is 14.2. The molecule has 35 heavy (non-hydrogen) atoms. The zero-order valence-electron chi connectivity index (χ0n) is 20.0. The van der Waals surface area contributed by atoms with Gasteiger partial charge in [0.2, 0.25) is 5.91 Å². The minimum absolute atomic E-state index is 0.0770. The van der Waals surface area contributed by atoms with Gasteiger partial charge in [0.1, 0.15) is 29.6 Å². The van der Waals surface area contributed by atoms with Gasteiger partial charge >= 0.3 is 0 Å². The molecule has 1 atom stereocenters. The number of aliphatic hydroxyl groups is 2. The maximum absolute atomic E-state index is 14.2. The molecule has 0 bridgehead atoms. The van der Waals surface area contributed by atoms with Crippen LogP contribution in [-0.4, -0.2) is 89.5 Å². The van der Waals surface area contributed by atoms with Gasteiger partial charge in [0.15, 0.2) is 0 Å². The number of benzene rings is 2. The number of piperidine rings is 1. The zero-order valence-corrected chi connectivity index (χ0v) is 20.0. The molecule has 2 N–H and O–H groups in total. The highest BCUT2D eigenvalue weighted by atomic mass is 19.1. The van der Waals surface area contributed by atoms with Crippen LogP contribution in [-0.2, 0) is 4.79 Å². The van der Waals surface area contributed by atoms with Gasteiger partial charge in [0.05, 0.1) is 17.8 Å². The summed E-state index contributed by atoms with van der Waals surface area (Å²) in [5.74, 6) is -0.583. The van der Waals surface area contributed by atoms with Crippen LogP contribution in [0.5, 0.6) is 5.75 Å². The fraction of sp³-hybridized carbons (Fsp3) is 0.500. The van der Waals surface area contributed by atoms with E-state index >= 15 is 0 Å². The van der Waals surface area contributed by atoms with Crippen molar-refractivity contribution in [2.75, 3.05) is 57.3 Å². The molecule has 2 saturated heterocycles. The lowest BCUT2D eigenvalue weighted by atomic mass is 9.90. The monoisotopic (exact) mass is 489 g/mol. The number of β-amino-alcohol motifs (C(OH)–C–C–N with tert-alkyl or cyclic N) is 2. The van der Waals surface area contributed by atoms with Crippen LogP contribution in [0.15, 0.2) is 48.5 Å². The van der Waals surface area contributed by atoms with Crippen molar-refractivity contribution in [3.8, 4) is 5.75 Å². The van der Waals surface area contributed by atoms with Gasteiger partial charge in [-0.05, 0) is 37.1 Å². The molecule has 0 saturated carbocycles. The SMILES string of the molecule is CC(=O)N1CCN(CC2(O)CCN(c3ccccc3F)CC2)C[C@@](O)(COc2cccc(F)c2)C1. The van der Waals surface area contributed by atoms with E-state index in [2.05, 4.69) is 0 Å². The Balaban J connectivity index is 1.41. The molecule has 1 amide bonds. The van der Waals surface area contributed by atoms with E-state index in [0.717, 1.165) is 0 Å². The third kappa shape index (κ3) is 6.48. The van der Waals surface area contributed by atoms with Crippen molar-refractivity contribution in [2.45, 2.75) is 31.0 Å². The van der Waals surface area contributed by atoms with Crippen LogP contribution in [0.4, 0.5) is 14.5 Å². The van der Waals surface area contributed by atoms with Gasteiger partial charge in [-0.25, -0.2) is 8.78 Å². The third-order valence-electron chi connectivity index (χ3n) is 6.84. The highest BCUT2D eigenvalue weighted by Gasteiger charge is 2.41. The summed E-state index contributed by atoms with van der Waals surface area (Å²) in [6, 6.07) is 12.3. The summed E-state index contributed by atoms with van der Waals surface area (Å²) in [6.45, 7) is 3.82. The van der Waals surface area contributed by atoms with Gasteiger partial charge in [0, 0.05) is 52.3 Å². The molecule has 2 heterocycles. The van der Waals surface area contributed by atoms with Crippen LogP contribution in [0.3, 0.4) is 0 Å². The predicted octanol–water partition coefficient (Wildman–Crippen LogP) is 2.27. The van der Waals surface area contributed by atoms with Crippen LogP contribution in [0.25, 0.3) is 0 Å². The van der Waals surface area contributed by atoms with E-state index in [9.17, 15) is 23.8 Å². The van der Waals surface area contributed by atoms with Gasteiger partial charge in [-0.3, -0.25) is 9.69 Å². The molecule has 4 rings (SSSR count). The minimum Gasteiger partial charge on any atom is -0.490 e. The van der Waals surface area contributed by atoms with E-state index in [1.54, 1.807) is 29.2 Å². The van der Waals surface area contributed by atoms with Gasteiger partial charge in [-0.1, -0.05) is 18.2 Å². The first-order valence-electron chi connectivity index (χ1n) is 12.0. The lowest BCUT2D eigenvalue weighted by molar-refractivity contribution is -0.132. The first kappa shape index (κ1) is 25.3. The Morgan fingerprint density at radius 3 is 2.40 bits per heavy atom. The number of hydrogen-bond acceptors (Lipinski definition) is 6. The number of rotatable bonds is 6. The Labute approximate surface area is 204 Å². The lowest BCUT2D eigenvalue weighted by Crippen LogP contribution is -2.56. The van der Waals surface area contributed by atoms with Crippen LogP contribution < -0.4 is 9.64 Å². The number of carbonyl (C=O) groups excluding carboxylic acids is 1. The summed E-state index contributed by atoms with van der Waals surface area (Å²) < 4.78 is 33.4. The number of hydrogen-bond donors (Lipinski definition) is 2. The third-order valence-corrected chi connectivity index (χ3v) is 6.84. The molecular weight excluding hydrogens is 456 g/mol. The van der Waals surface area contributed by atoms with Gasteiger partial charge in [-0.15, -0.1) is 0 Å². The first-order chi connectivity index (χ1) is 16.6. The number of amides is 1. The zero-order chi connectivity index (χ0) is 25.1. The molecule has 2 aliphatic heterocycles. The van der Waals surface area contributed by atoms with Gasteiger partial charge in [-0.2, -0.15) is 0 Å². The molecule has 2 fully saturated rings. The van der Waals surface area contributed by atoms with Gasteiger partial charge < -0.3 is 24.7 Å². The number of para-hydroxylation sites is 1. The Morgan fingerprint density at radius 1 is 0.971 bits per heavy atom. The molecule has 7 nitrogen and oxygen atoms in total. The fourth-order valence-electron chi connectivity index (χ4n) is 4.96. The molecule has 9 heteroatoms. The van der Waals surface area contributed by atoms with Crippen molar-refractivity contribution in [1.29, 1.82) is 0 Å². The summed E-state index contributed by atoms with van der Waals surface area (Å²) in [4.78, 5) is 17.6. The molecule has 0 radical (unpaired) electrons. The number of carbonyl (C=O) groups is 1. The molecule has 2 aromatic carbocycles. The number of ether oxygens (including phenoxy) is 1. The van der Waals surface area contributed by atoms with E-state index in [-0.39, 0.29) is 31.4 Å². The second kappa shape index (κ2) is 10.5. The lowest BCUT2D eigenvalue weighted by Gasteiger charge is -2.42. The number of nitrogens with zero attached hydrogens (tertiary/aromatic N) is 3. The van der Waals surface area contributed by atoms with E-state index in [1.165, 1.54) is 31.2 Å². The summed E-state index contributed by atoms with van der Waals surface area (Å²) in [7, 11) is 0. The summed E-state index contributed by atoms with van der Waals surface area (Å²) in [5.41, 5.74) is -1.87. The van der Waals surface area contributed by atoms with Crippen molar-refractivity contribution in [1.82, 2.24) is 9.80 Å². The normalized spacial score (nSPS) is 23.1. The molecule has 0 aliphatic carbocycles. The second-order valence-corrected chi connectivity index (χ2v) is 9.78. The molecule has 0 unspecified atom stereocenters. The predicted molar refractivity (Wildman–Crippen MR) is 128 cm³/mol. The molecule has 0 spiro atoms. The molecule has 2 aliphatic rings. The second-order valence-electron chi connectivity index (χ2n) is 9.78. The van der Waals surface area contributed by atoms with E-state index < -0.39 is 17.0 Å². The topological polar surface area (TPSA) is 76.5 Å². The standard InChI is InChI=1S/C26H33F2N3O4/c1-20(32)31-14-13-29(17-26(34,18-31)19-35-22-6-4-5-21(27)15-22)16-25(33)9-11-30(12-10-25)24-8-3-2-7-23(24)28/h2-8,15,33-34H,9-14,16-19H2,1H3/t26-/m0/s1. The van der Waals surface area contributed by atoms with Crippen molar-refractivity contribution < 1.29 is 28.5 Å². The molecule has 190 valence electrons. The summed E-state index contributed by atoms with van der Waals surface area (Å²) in [6.07, 6.45) is 0.902. The molecular formula is C26H33F2N3O4. The quantitative estimate of drug-likeness (QED) is 0.649. The Bertz CT molecular complexity index is 1030. The Morgan fingerprint density at radius 2 is 1.71 bits per heavy atom. The van der Waals surface area contributed by atoms with Crippen molar-refractivity contribution in [3.05, 3.63) is 60.2 Å². The highest BCUT2D eigenvalue weighted by molar-refractivity contribution is 5.73. The Hall–Kier alpha value is -2.75. The Kier molecular flexibility index (Phi) is 7.59. The van der Waals surface area contributed by atoms with Crippen LogP contribution in [0, 0.1) is 11.6 Å². The van der Waals surface area contributed by atoms with Crippen LogP contribution in [0.1, 0.15) is 19.8 Å². The largest absolute Gasteiger partial charge is 0.490 e. The smallest absolute Gasteiger partial charge is 0.219 e. The average molecular weight is 490 g/mol. The highest BCUT2D eigenvalue weighted by Crippen LogP contribution is 2.30. The number of halogens is 2. The maximum Gasteiger partial charge on any atom is 0.219 e. The van der Waals surface area contributed by atoms with E-state index in [0.29, 0.717) is 57.0 Å². The van der Waals surface area contributed by atoms with Crippen LogP contribution in [0.2, 0.25) is 0 Å². The van der Waals surface area contributed by atoms with E-state index in [1.807, 2.05) is 9.80 Å². The van der Waals surface area contributed by atoms with E-state index in [4.69, 9.17) is 4.74 Å². The van der Waals surface area contributed by atoms with Crippen molar-refractivity contribution in [3.63, 3.8) is 0 Å². The number of anilines is 1. The van der Waals surface area contributed by atoms with Crippen molar-refractivity contribution >= 4 is 11.6 Å². The fourth-order valence-corrected chi connectivity index (χ4v) is 4.96. The molecule has 0 aromatic heterocycles. The van der Waals surface area contributed by atoms with Gasteiger partial charge in [0.25, 0.3) is 0 Å². The summed E-state index contributed by atoms with van der Waals surface area (Å²) >= 11 is 0. The first-order valence-corrected chi connectivity index (χ1v) is 12.0. The van der Waals surface area contributed by atoms with Crippen LogP contribution >= 0.6 is 0 Å². The summed E-state index contributed by atoms with van der Waals surface area (Å²) in [5, 5.41) is 22.8. The minimum atomic E-state index is -1.40. The average Bonchev–Trinajstić information content (AvgIpc) is 2.98. The van der Waals surface area contributed by atoms with Crippen molar-refractivity contribution in [2.24, 2.45) is 0 Å². The molecule has 2 aromatic rings.